The van der Waals surface area contributed by atoms with Gasteiger partial charge in [0.2, 0.25) is 10.0 Å². The van der Waals surface area contributed by atoms with Gasteiger partial charge in [-0.3, -0.25) is 3.97 Å². The summed E-state index contributed by atoms with van der Waals surface area (Å²) in [5.41, 5.74) is 1.04. The van der Waals surface area contributed by atoms with Gasteiger partial charge in [0.15, 0.2) is 0 Å². The zero-order valence-corrected chi connectivity index (χ0v) is 7.43. The molecule has 0 atom stereocenters. The van der Waals surface area contributed by atoms with E-state index in [1.165, 1.54) is 10.2 Å². The van der Waals surface area contributed by atoms with Crippen molar-refractivity contribution in [3.8, 4) is 0 Å². The summed E-state index contributed by atoms with van der Waals surface area (Å²) in [5, 5.41) is 0. The second-order valence-electron chi connectivity index (χ2n) is 2.47. The van der Waals surface area contributed by atoms with Crippen LogP contribution in [0, 0.1) is 0 Å². The Bertz CT molecular complexity index is 337. The van der Waals surface area contributed by atoms with E-state index in [0.29, 0.717) is 0 Å². The van der Waals surface area contributed by atoms with Crippen LogP contribution in [0.3, 0.4) is 0 Å². The minimum Gasteiger partial charge on any atom is -0.253 e. The predicted octanol–water partition coefficient (Wildman–Crippen LogP) is 0.858. The summed E-state index contributed by atoms with van der Waals surface area (Å²) < 4.78 is 23.1. The summed E-state index contributed by atoms with van der Waals surface area (Å²) in [5.74, 6) is 0. The molecule has 0 aliphatic rings. The van der Waals surface area contributed by atoms with E-state index in [-0.39, 0.29) is 0 Å². The summed E-state index contributed by atoms with van der Waals surface area (Å²) in [7, 11) is -3.08. The Morgan fingerprint density at radius 2 is 2.18 bits per heavy atom. The molecule has 0 spiro atoms. The fourth-order valence-electron chi connectivity index (χ4n) is 0.834. The Labute approximate surface area is 66.7 Å². The molecule has 0 saturated carbocycles. The van der Waals surface area contributed by atoms with Crippen molar-refractivity contribution in [3.63, 3.8) is 0 Å². The Balaban J connectivity index is 3.09. The molecule has 1 rings (SSSR count). The molecule has 0 radical (unpaired) electrons. The molecule has 0 aromatic carbocycles. The maximum Gasteiger partial charge on any atom is 0.235 e. The first-order chi connectivity index (χ1) is 5.04. The van der Waals surface area contributed by atoms with Crippen molar-refractivity contribution in [2.24, 2.45) is 0 Å². The van der Waals surface area contributed by atoms with Crippen molar-refractivity contribution >= 4 is 10.0 Å². The van der Waals surface area contributed by atoms with Crippen molar-refractivity contribution in [2.75, 3.05) is 6.26 Å². The van der Waals surface area contributed by atoms with Crippen molar-refractivity contribution in [1.29, 1.82) is 0 Å². The molecule has 0 unspecified atom stereocenters. The van der Waals surface area contributed by atoms with Crippen LogP contribution in [0.1, 0.15) is 12.5 Å². The normalized spacial score (nSPS) is 11.8. The molecule has 62 valence electrons. The van der Waals surface area contributed by atoms with Crippen molar-refractivity contribution in [2.45, 2.75) is 13.3 Å². The molecule has 1 aromatic rings. The van der Waals surface area contributed by atoms with Crippen LogP contribution < -0.4 is 0 Å². The summed E-state index contributed by atoms with van der Waals surface area (Å²) in [6.07, 6.45) is 5.25. The molecule has 0 fully saturated rings. The van der Waals surface area contributed by atoms with Crippen LogP contribution in [0.25, 0.3) is 0 Å². The van der Waals surface area contributed by atoms with Gasteiger partial charge in [-0.25, -0.2) is 8.42 Å². The maximum atomic E-state index is 10.9. The third-order valence-corrected chi connectivity index (χ3v) is 2.51. The van der Waals surface area contributed by atoms with Crippen molar-refractivity contribution in [3.05, 3.63) is 24.0 Å². The van der Waals surface area contributed by atoms with Gasteiger partial charge in [0.25, 0.3) is 0 Å². The van der Waals surface area contributed by atoms with E-state index in [9.17, 15) is 8.42 Å². The standard InChI is InChI=1S/C7H11NO2S/c1-3-7-4-5-8(6-7)11(2,9)10/h4-6H,3H2,1-2H3. The van der Waals surface area contributed by atoms with Crippen LogP contribution >= 0.6 is 0 Å². The Morgan fingerprint density at radius 1 is 1.55 bits per heavy atom. The van der Waals surface area contributed by atoms with Gasteiger partial charge >= 0.3 is 0 Å². The lowest BCUT2D eigenvalue weighted by Crippen LogP contribution is -2.06. The fourth-order valence-corrected chi connectivity index (χ4v) is 1.44. The molecular weight excluding hydrogens is 162 g/mol. The second kappa shape index (κ2) is 2.70. The van der Waals surface area contributed by atoms with Crippen LogP contribution in [-0.2, 0) is 16.4 Å². The van der Waals surface area contributed by atoms with E-state index >= 15 is 0 Å². The lowest BCUT2D eigenvalue weighted by atomic mass is 10.3. The first kappa shape index (κ1) is 8.33. The highest BCUT2D eigenvalue weighted by molar-refractivity contribution is 7.89. The summed E-state index contributed by atoms with van der Waals surface area (Å²) in [6, 6.07) is 1.81. The highest BCUT2D eigenvalue weighted by Crippen LogP contribution is 2.03. The smallest absolute Gasteiger partial charge is 0.235 e. The predicted molar refractivity (Wildman–Crippen MR) is 44.1 cm³/mol. The highest BCUT2D eigenvalue weighted by atomic mass is 32.2. The minimum atomic E-state index is -3.08. The molecule has 0 aliphatic heterocycles. The number of aromatic nitrogens is 1. The average Bonchev–Trinajstić information content (AvgIpc) is 2.32. The van der Waals surface area contributed by atoms with Gasteiger partial charge in [-0.1, -0.05) is 6.92 Å². The van der Waals surface area contributed by atoms with E-state index in [4.69, 9.17) is 0 Å². The van der Waals surface area contributed by atoms with Crippen LogP contribution in [0.2, 0.25) is 0 Å². The van der Waals surface area contributed by atoms with E-state index in [1.54, 1.807) is 18.5 Å². The Kier molecular flexibility index (Phi) is 2.04. The molecular formula is C7H11NO2S. The van der Waals surface area contributed by atoms with E-state index in [1.807, 2.05) is 6.92 Å². The zero-order chi connectivity index (χ0) is 8.48. The van der Waals surface area contributed by atoms with Gasteiger partial charge in [0, 0.05) is 12.4 Å². The highest BCUT2D eigenvalue weighted by Gasteiger charge is 2.03. The number of hydrogen-bond donors (Lipinski definition) is 0. The minimum absolute atomic E-state index is 0.864. The zero-order valence-electron chi connectivity index (χ0n) is 6.61. The van der Waals surface area contributed by atoms with Crippen LogP contribution in [0.5, 0.6) is 0 Å². The fraction of sp³-hybridized carbons (Fsp3) is 0.429. The molecule has 0 amide bonds. The van der Waals surface area contributed by atoms with Crippen LogP contribution in [-0.4, -0.2) is 18.6 Å². The Morgan fingerprint density at radius 3 is 2.45 bits per heavy atom. The monoisotopic (exact) mass is 173 g/mol. The van der Waals surface area contributed by atoms with Crippen molar-refractivity contribution in [1.82, 2.24) is 3.97 Å². The molecule has 0 N–H and O–H groups in total. The molecule has 0 bridgehead atoms. The number of aryl methyl sites for hydroxylation is 1. The van der Waals surface area contributed by atoms with E-state index < -0.39 is 10.0 Å². The van der Waals surface area contributed by atoms with Crippen LogP contribution in [0.15, 0.2) is 18.5 Å². The van der Waals surface area contributed by atoms with E-state index in [2.05, 4.69) is 0 Å². The Hall–Kier alpha value is -0.770. The number of nitrogens with zero attached hydrogens (tertiary/aromatic N) is 1. The average molecular weight is 173 g/mol. The first-order valence-corrected chi connectivity index (χ1v) is 5.26. The number of rotatable bonds is 2. The quantitative estimate of drug-likeness (QED) is 0.665. The summed E-state index contributed by atoms with van der Waals surface area (Å²) in [6.45, 7) is 1.99. The third-order valence-electron chi connectivity index (χ3n) is 1.52. The first-order valence-electron chi connectivity index (χ1n) is 3.41. The van der Waals surface area contributed by atoms with Gasteiger partial charge in [-0.15, -0.1) is 0 Å². The molecule has 0 saturated heterocycles. The molecule has 3 nitrogen and oxygen atoms in total. The summed E-state index contributed by atoms with van der Waals surface area (Å²) >= 11 is 0. The molecule has 0 aliphatic carbocycles. The molecule has 11 heavy (non-hydrogen) atoms. The van der Waals surface area contributed by atoms with Gasteiger partial charge in [-0.05, 0) is 18.1 Å². The maximum absolute atomic E-state index is 10.9. The summed E-state index contributed by atoms with van der Waals surface area (Å²) in [4.78, 5) is 0. The molecule has 1 heterocycles. The van der Waals surface area contributed by atoms with Crippen molar-refractivity contribution < 1.29 is 8.42 Å². The van der Waals surface area contributed by atoms with Gasteiger partial charge in [0.1, 0.15) is 0 Å². The number of hydrogen-bond acceptors (Lipinski definition) is 2. The van der Waals surface area contributed by atoms with E-state index in [0.717, 1.165) is 12.0 Å². The topological polar surface area (TPSA) is 39.1 Å². The van der Waals surface area contributed by atoms with Gasteiger partial charge < -0.3 is 0 Å². The van der Waals surface area contributed by atoms with Crippen LogP contribution in [0.4, 0.5) is 0 Å². The van der Waals surface area contributed by atoms with Gasteiger partial charge in [-0.2, -0.15) is 0 Å². The second-order valence-corrected chi connectivity index (χ2v) is 4.35. The lowest BCUT2D eigenvalue weighted by molar-refractivity contribution is 0.593. The molecule has 4 heteroatoms. The third kappa shape index (κ3) is 1.83. The SMILES string of the molecule is CCc1ccn(S(C)(=O)=O)c1. The largest absolute Gasteiger partial charge is 0.253 e. The van der Waals surface area contributed by atoms with Gasteiger partial charge in [0.05, 0.1) is 6.26 Å². The lowest BCUT2D eigenvalue weighted by Gasteiger charge is -1.95. The molecule has 1 aromatic heterocycles.